The number of hydrogen-bond acceptors (Lipinski definition) is 5. The highest BCUT2D eigenvalue weighted by atomic mass is 35.5. The number of carbonyl (C=O) groups excluding carboxylic acids is 1. The molecular weight excluding hydrogens is 433 g/mol. The van der Waals surface area contributed by atoms with Crippen molar-refractivity contribution in [1.82, 2.24) is 10.4 Å². The molecule has 1 heterocycles. The third kappa shape index (κ3) is 5.95. The van der Waals surface area contributed by atoms with Gasteiger partial charge in [-0.25, -0.2) is 0 Å². The van der Waals surface area contributed by atoms with Gasteiger partial charge in [0.25, 0.3) is 0 Å². The average Bonchev–Trinajstić information content (AvgIpc) is 2.72. The number of methoxy groups -OCH3 is 1. The van der Waals surface area contributed by atoms with Gasteiger partial charge in [0.2, 0.25) is 5.88 Å². The smallest absolute Gasteiger partial charge is 0.422 e. The van der Waals surface area contributed by atoms with E-state index in [-0.39, 0.29) is 11.7 Å². The molecule has 0 saturated carbocycles. The Kier molecular flexibility index (Phi) is 6.80. The highest BCUT2D eigenvalue weighted by Crippen LogP contribution is 2.30. The van der Waals surface area contributed by atoms with Crippen molar-refractivity contribution in [1.29, 1.82) is 0 Å². The van der Waals surface area contributed by atoms with E-state index in [1.165, 1.54) is 19.1 Å². The van der Waals surface area contributed by atoms with E-state index < -0.39 is 12.8 Å². The predicted octanol–water partition coefficient (Wildman–Crippen LogP) is 5.33. The molecule has 1 aliphatic heterocycles. The largest absolute Gasteiger partial charge is 0.497 e. The molecule has 0 saturated heterocycles. The fourth-order valence-electron chi connectivity index (χ4n) is 3.01. The van der Waals surface area contributed by atoms with Gasteiger partial charge in [-0.1, -0.05) is 23.7 Å². The first-order valence-corrected chi connectivity index (χ1v) is 9.63. The quantitative estimate of drug-likeness (QED) is 0.575. The van der Waals surface area contributed by atoms with Crippen LogP contribution in [0.15, 0.2) is 60.6 Å². The number of nitrogens with zero attached hydrogens (tertiary/aromatic N) is 1. The molecule has 0 unspecified atom stereocenters. The van der Waals surface area contributed by atoms with Gasteiger partial charge in [-0.15, -0.1) is 0 Å². The van der Waals surface area contributed by atoms with Crippen LogP contribution in [0, 0.1) is 0 Å². The number of benzene rings is 2. The molecule has 5 nitrogen and oxygen atoms in total. The van der Waals surface area contributed by atoms with Gasteiger partial charge < -0.3 is 9.47 Å². The van der Waals surface area contributed by atoms with Crippen LogP contribution < -0.4 is 10.2 Å². The van der Waals surface area contributed by atoms with E-state index >= 15 is 0 Å². The maximum Gasteiger partial charge on any atom is 0.422 e. The number of hydrazine groups is 1. The molecule has 1 N–H and O–H groups in total. The Hall–Kier alpha value is -3.13. The Labute approximate surface area is 182 Å². The van der Waals surface area contributed by atoms with Crippen LogP contribution in [-0.4, -0.2) is 30.7 Å². The van der Waals surface area contributed by atoms with Gasteiger partial charge in [0.05, 0.1) is 13.7 Å². The molecule has 0 atom stereocenters. The first-order chi connectivity index (χ1) is 14.7. The fourth-order valence-corrected chi connectivity index (χ4v) is 3.18. The van der Waals surface area contributed by atoms with Crippen LogP contribution in [0.2, 0.25) is 5.02 Å². The van der Waals surface area contributed by atoms with Gasteiger partial charge in [0.15, 0.2) is 12.4 Å². The van der Waals surface area contributed by atoms with E-state index in [2.05, 4.69) is 5.43 Å². The first kappa shape index (κ1) is 22.6. The number of carbonyl (C=O) groups is 1. The highest BCUT2D eigenvalue weighted by molar-refractivity contribution is 6.31. The van der Waals surface area contributed by atoms with Crippen molar-refractivity contribution in [2.24, 2.45) is 0 Å². The predicted molar refractivity (Wildman–Crippen MR) is 111 cm³/mol. The maximum absolute atomic E-state index is 12.8. The van der Waals surface area contributed by atoms with Gasteiger partial charge in [-0.05, 0) is 54.5 Å². The van der Waals surface area contributed by atoms with E-state index in [0.717, 1.165) is 5.56 Å². The molecule has 3 rings (SSSR count). The zero-order valence-electron chi connectivity index (χ0n) is 16.8. The molecule has 2 aromatic rings. The second kappa shape index (κ2) is 9.34. The van der Waals surface area contributed by atoms with Gasteiger partial charge in [0, 0.05) is 22.4 Å². The lowest BCUT2D eigenvalue weighted by molar-refractivity contribution is -0.167. The summed E-state index contributed by atoms with van der Waals surface area (Å²) in [7, 11) is 1.56. The van der Waals surface area contributed by atoms with Crippen LogP contribution in [0.5, 0.6) is 5.75 Å². The van der Waals surface area contributed by atoms with Crippen molar-refractivity contribution in [3.05, 3.63) is 82.3 Å². The Balaban J connectivity index is 1.92. The summed E-state index contributed by atoms with van der Waals surface area (Å²) in [5.74, 6) is 0.321. The number of ketones is 1. The van der Waals surface area contributed by atoms with Crippen molar-refractivity contribution in [3.8, 4) is 5.75 Å². The number of hydrogen-bond donors (Lipinski definition) is 1. The highest BCUT2D eigenvalue weighted by Gasteiger charge is 2.30. The minimum atomic E-state index is -4.53. The monoisotopic (exact) mass is 452 g/mol. The van der Waals surface area contributed by atoms with Crippen LogP contribution in [0.4, 0.5) is 13.2 Å². The molecule has 164 valence electrons. The summed E-state index contributed by atoms with van der Waals surface area (Å²) >= 11 is 6.08. The molecule has 0 bridgehead atoms. The van der Waals surface area contributed by atoms with Crippen LogP contribution in [0.25, 0.3) is 5.57 Å². The lowest BCUT2D eigenvalue weighted by Gasteiger charge is -2.30. The molecule has 0 spiro atoms. The van der Waals surface area contributed by atoms with Crippen molar-refractivity contribution in [2.75, 3.05) is 13.7 Å². The third-order valence-corrected chi connectivity index (χ3v) is 4.69. The van der Waals surface area contributed by atoms with E-state index in [0.29, 0.717) is 34.0 Å². The minimum Gasteiger partial charge on any atom is -0.497 e. The Morgan fingerprint density at radius 2 is 1.87 bits per heavy atom. The topological polar surface area (TPSA) is 50.8 Å². The van der Waals surface area contributed by atoms with Crippen molar-refractivity contribution >= 4 is 23.0 Å². The Morgan fingerprint density at radius 3 is 2.48 bits per heavy atom. The zero-order valence-corrected chi connectivity index (χ0v) is 17.6. The fraction of sp³-hybridized carbons (Fsp3) is 0.227. The molecule has 0 aromatic heterocycles. The second-order valence-corrected chi connectivity index (χ2v) is 7.23. The Bertz CT molecular complexity index is 1020. The van der Waals surface area contributed by atoms with Gasteiger partial charge in [0.1, 0.15) is 5.75 Å². The lowest BCUT2D eigenvalue weighted by Crippen LogP contribution is -2.37. The van der Waals surface area contributed by atoms with Crippen molar-refractivity contribution in [2.45, 2.75) is 19.6 Å². The lowest BCUT2D eigenvalue weighted by atomic mass is 9.97. The first-order valence-electron chi connectivity index (χ1n) is 9.25. The van der Waals surface area contributed by atoms with Crippen LogP contribution in [0.1, 0.15) is 28.4 Å². The van der Waals surface area contributed by atoms with Crippen molar-refractivity contribution in [3.63, 3.8) is 0 Å². The summed E-state index contributed by atoms with van der Waals surface area (Å²) in [4.78, 5) is 12.1. The molecular formula is C22H20ClF3N2O3. The van der Waals surface area contributed by atoms with E-state index in [4.69, 9.17) is 21.1 Å². The summed E-state index contributed by atoms with van der Waals surface area (Å²) in [5, 5.41) is 1.92. The van der Waals surface area contributed by atoms with Crippen LogP contribution in [-0.2, 0) is 11.3 Å². The molecule has 0 radical (unpaired) electrons. The standard InChI is InChI=1S/C22H20ClF3N2O3/c1-14(29)18-8-5-16(23)11-20(18)19-9-10-28(27-21(19)31-13-22(24,25)26)12-15-3-6-17(30-2)7-4-15/h3-11,27H,12-13H2,1-2H3. The molecule has 0 fully saturated rings. The third-order valence-electron chi connectivity index (χ3n) is 4.45. The number of nitrogens with one attached hydrogen (secondary N) is 1. The number of alkyl halides is 3. The van der Waals surface area contributed by atoms with E-state index in [9.17, 15) is 18.0 Å². The van der Waals surface area contributed by atoms with Gasteiger partial charge >= 0.3 is 6.18 Å². The number of rotatable bonds is 7. The maximum atomic E-state index is 12.8. The number of ether oxygens (including phenoxy) is 2. The summed E-state index contributed by atoms with van der Waals surface area (Å²) in [5.41, 5.74) is 4.74. The molecule has 9 heteroatoms. The number of halogens is 4. The van der Waals surface area contributed by atoms with Gasteiger partial charge in [-0.3, -0.25) is 15.2 Å². The molecule has 0 aliphatic carbocycles. The SMILES string of the molecule is COc1ccc(CN2C=CC(c3cc(Cl)ccc3C(C)=O)=C(OCC(F)(F)F)N2)cc1. The number of allylic oxidation sites excluding steroid dienone is 2. The minimum absolute atomic E-state index is 0.127. The average molecular weight is 453 g/mol. The van der Waals surface area contributed by atoms with Crippen molar-refractivity contribution < 1.29 is 27.4 Å². The summed E-state index contributed by atoms with van der Waals surface area (Å²) < 4.78 is 48.7. The van der Waals surface area contributed by atoms with Gasteiger partial charge in [-0.2, -0.15) is 13.2 Å². The molecule has 1 aliphatic rings. The molecule has 31 heavy (non-hydrogen) atoms. The summed E-state index contributed by atoms with van der Waals surface area (Å²) in [6.45, 7) is 0.236. The number of Topliss-reactive ketones (excluding diaryl/α,β-unsaturated/α-hetero) is 1. The zero-order chi connectivity index (χ0) is 22.6. The molecule has 2 aromatic carbocycles. The normalized spacial score (nSPS) is 13.8. The summed E-state index contributed by atoms with van der Waals surface area (Å²) in [6.07, 6.45) is -1.28. The van der Waals surface area contributed by atoms with E-state index in [1.54, 1.807) is 42.6 Å². The van der Waals surface area contributed by atoms with Crippen LogP contribution >= 0.6 is 11.6 Å². The second-order valence-electron chi connectivity index (χ2n) is 6.80. The van der Waals surface area contributed by atoms with Crippen LogP contribution in [0.3, 0.4) is 0 Å². The molecule has 0 amide bonds. The van der Waals surface area contributed by atoms with E-state index in [1.807, 2.05) is 12.1 Å². The Morgan fingerprint density at radius 1 is 1.16 bits per heavy atom. The summed E-state index contributed by atoms with van der Waals surface area (Å²) in [6, 6.07) is 11.9.